The summed E-state index contributed by atoms with van der Waals surface area (Å²) in [6.07, 6.45) is 1.35. The Labute approximate surface area is 281 Å². The molecule has 2 N–H and O–H groups in total. The summed E-state index contributed by atoms with van der Waals surface area (Å²) in [7, 11) is 3.16. The van der Waals surface area contributed by atoms with E-state index in [0.717, 1.165) is 36.0 Å². The van der Waals surface area contributed by atoms with Crippen molar-refractivity contribution in [2.45, 2.75) is 62.4 Å². The normalized spacial score (nSPS) is 25.1. The Balaban J connectivity index is 1.31. The molecule has 0 bridgehead atoms. The first-order chi connectivity index (χ1) is 22.9. The predicted octanol–water partition coefficient (Wildman–Crippen LogP) is 5.32. The number of aromatic nitrogens is 3. The number of urea groups is 1. The number of hydrogen-bond acceptors (Lipinski definition) is 10. The molecule has 12 nitrogen and oxygen atoms in total. The lowest BCUT2D eigenvalue weighted by Crippen LogP contribution is -2.60. The van der Waals surface area contributed by atoms with Crippen molar-refractivity contribution in [2.75, 3.05) is 27.2 Å². The molecule has 2 fully saturated rings. The summed E-state index contributed by atoms with van der Waals surface area (Å²) in [5.74, 6) is -1.65. The lowest BCUT2D eigenvalue weighted by atomic mass is 9.98. The molecule has 3 aromatic heterocycles. The van der Waals surface area contributed by atoms with Gasteiger partial charge in [0.05, 0.1) is 17.7 Å². The third kappa shape index (κ3) is 6.83. The van der Waals surface area contributed by atoms with E-state index < -0.39 is 41.4 Å². The van der Waals surface area contributed by atoms with Gasteiger partial charge in [0.25, 0.3) is 0 Å². The molecular weight excluding hydrogens is 674 g/mol. The van der Waals surface area contributed by atoms with Crippen LogP contribution in [0.25, 0.3) is 21.4 Å². The number of halogens is 3. The number of ether oxygens (including phenoxy) is 2. The molecule has 4 atom stereocenters. The maximum atomic E-state index is 13.8. The second kappa shape index (κ2) is 13.3. The third-order valence-electron chi connectivity index (χ3n) is 8.71. The lowest BCUT2D eigenvalue weighted by molar-refractivity contribution is -0.144. The number of amides is 3. The standard InChI is InChI=1S/C31H33F3N6O6S2/c1-39-10-6-4-3-5-7-17-15-30(17,28(42)43)38-26(41)20-13-18(8-11-40(20)29(39)44)46-23-14-19(24-21(45-2)9-12-47-24)35-25(37-23)27-36-22(16-48-27)31(32,33)34/h5,7,9,12,14,16-18,20H,3-4,6,8,10-11,13,15H2,1-2H3,(H,38,41)(H,42,43)/t17-,18+,20+,30-/m1/s1. The molecule has 48 heavy (non-hydrogen) atoms. The number of alkyl halides is 3. The van der Waals surface area contributed by atoms with Gasteiger partial charge in [0.1, 0.15) is 23.4 Å². The van der Waals surface area contributed by atoms with Crippen LogP contribution >= 0.6 is 22.7 Å². The van der Waals surface area contributed by atoms with Gasteiger partial charge in [-0.3, -0.25) is 4.79 Å². The molecule has 1 saturated carbocycles. The number of piperidine rings is 1. The highest BCUT2D eigenvalue weighted by Gasteiger charge is 2.61. The Morgan fingerprint density at radius 3 is 2.71 bits per heavy atom. The summed E-state index contributed by atoms with van der Waals surface area (Å²) < 4.78 is 51.8. The van der Waals surface area contributed by atoms with Crippen LogP contribution < -0.4 is 14.8 Å². The molecule has 0 spiro atoms. The van der Waals surface area contributed by atoms with Crippen LogP contribution in [0.4, 0.5) is 18.0 Å². The lowest BCUT2D eigenvalue weighted by Gasteiger charge is -2.40. The first-order valence-corrected chi connectivity index (χ1v) is 17.1. The van der Waals surface area contributed by atoms with Crippen molar-refractivity contribution < 1.29 is 42.1 Å². The number of methoxy groups -OCH3 is 1. The molecule has 3 amide bonds. The number of carboxylic acids is 1. The zero-order chi connectivity index (χ0) is 34.2. The molecule has 2 aliphatic heterocycles. The van der Waals surface area contributed by atoms with Crippen LogP contribution in [0, 0.1) is 5.92 Å². The molecule has 256 valence electrons. The molecule has 0 unspecified atom stereocenters. The number of carboxylic acid groups (broad SMARTS) is 1. The molecule has 3 aromatic rings. The Kier molecular flexibility index (Phi) is 9.35. The monoisotopic (exact) mass is 706 g/mol. The summed E-state index contributed by atoms with van der Waals surface area (Å²) in [5, 5.41) is 15.4. The number of nitrogens with zero attached hydrogens (tertiary/aromatic N) is 5. The van der Waals surface area contributed by atoms with Gasteiger partial charge in [-0.25, -0.2) is 19.6 Å². The number of thiazole rings is 1. The highest BCUT2D eigenvalue weighted by molar-refractivity contribution is 7.14. The summed E-state index contributed by atoms with van der Waals surface area (Å²) >= 11 is 2.05. The van der Waals surface area contributed by atoms with Gasteiger partial charge in [-0.15, -0.1) is 22.7 Å². The van der Waals surface area contributed by atoms with Crippen molar-refractivity contribution in [3.05, 3.63) is 40.7 Å². The van der Waals surface area contributed by atoms with Crippen molar-refractivity contribution in [3.8, 4) is 33.0 Å². The van der Waals surface area contributed by atoms with E-state index in [1.807, 2.05) is 12.2 Å². The van der Waals surface area contributed by atoms with E-state index in [0.29, 0.717) is 29.3 Å². The van der Waals surface area contributed by atoms with Gasteiger partial charge >= 0.3 is 18.2 Å². The van der Waals surface area contributed by atoms with Crippen molar-refractivity contribution >= 4 is 40.6 Å². The molecule has 0 radical (unpaired) electrons. The number of fused-ring (bicyclic) bond motifs is 2. The molecule has 0 aromatic carbocycles. The first kappa shape index (κ1) is 33.6. The van der Waals surface area contributed by atoms with Gasteiger partial charge in [0, 0.05) is 50.3 Å². The van der Waals surface area contributed by atoms with Gasteiger partial charge in [0.2, 0.25) is 11.8 Å². The fourth-order valence-corrected chi connectivity index (χ4v) is 7.57. The topological polar surface area (TPSA) is 147 Å². The fourth-order valence-electron chi connectivity index (χ4n) is 5.99. The highest BCUT2D eigenvalue weighted by atomic mass is 32.1. The van der Waals surface area contributed by atoms with Gasteiger partial charge in [-0.05, 0) is 37.1 Å². The molecule has 17 heteroatoms. The maximum absolute atomic E-state index is 13.8. The maximum Gasteiger partial charge on any atom is 0.434 e. The number of allylic oxidation sites excluding steroid dienone is 1. The van der Waals surface area contributed by atoms with Crippen LogP contribution in [-0.2, 0) is 15.8 Å². The number of carbonyl (C=O) groups excluding carboxylic acids is 2. The second-order valence-electron chi connectivity index (χ2n) is 11.9. The quantitative estimate of drug-likeness (QED) is 0.325. The Hall–Kier alpha value is -4.25. The van der Waals surface area contributed by atoms with E-state index in [9.17, 15) is 32.7 Å². The van der Waals surface area contributed by atoms with Crippen LogP contribution in [0.2, 0.25) is 0 Å². The molecular formula is C31H33F3N6O6S2. The highest BCUT2D eigenvalue weighted by Crippen LogP contribution is 2.45. The summed E-state index contributed by atoms with van der Waals surface area (Å²) in [4.78, 5) is 55.9. The minimum Gasteiger partial charge on any atom is -0.495 e. The Morgan fingerprint density at radius 2 is 1.98 bits per heavy atom. The summed E-state index contributed by atoms with van der Waals surface area (Å²) in [6.45, 7) is 0.631. The minimum atomic E-state index is -4.65. The van der Waals surface area contributed by atoms with Gasteiger partial charge < -0.3 is 29.7 Å². The van der Waals surface area contributed by atoms with Crippen LogP contribution in [-0.4, -0.2) is 92.7 Å². The zero-order valence-electron chi connectivity index (χ0n) is 26.0. The van der Waals surface area contributed by atoms with Crippen LogP contribution in [0.15, 0.2) is 35.0 Å². The average molecular weight is 707 g/mol. The van der Waals surface area contributed by atoms with Gasteiger partial charge in [0.15, 0.2) is 16.5 Å². The van der Waals surface area contributed by atoms with Crippen molar-refractivity contribution in [1.29, 1.82) is 0 Å². The third-order valence-corrected chi connectivity index (χ3v) is 10.5. The zero-order valence-corrected chi connectivity index (χ0v) is 27.7. The van der Waals surface area contributed by atoms with E-state index in [1.165, 1.54) is 29.4 Å². The van der Waals surface area contributed by atoms with Gasteiger partial charge in [-0.1, -0.05) is 12.2 Å². The van der Waals surface area contributed by atoms with Gasteiger partial charge in [-0.2, -0.15) is 18.2 Å². The second-order valence-corrected chi connectivity index (χ2v) is 13.7. The van der Waals surface area contributed by atoms with E-state index in [2.05, 4.69) is 20.3 Å². The van der Waals surface area contributed by atoms with E-state index in [1.54, 1.807) is 23.4 Å². The molecule has 3 aliphatic rings. The summed E-state index contributed by atoms with van der Waals surface area (Å²) in [5.41, 5.74) is -2.18. The number of rotatable bonds is 6. The van der Waals surface area contributed by atoms with Crippen LogP contribution in [0.3, 0.4) is 0 Å². The number of carbonyl (C=O) groups is 3. The summed E-state index contributed by atoms with van der Waals surface area (Å²) in [6, 6.07) is 1.87. The van der Waals surface area contributed by atoms with E-state index in [4.69, 9.17) is 9.47 Å². The van der Waals surface area contributed by atoms with E-state index in [-0.39, 0.29) is 48.0 Å². The van der Waals surface area contributed by atoms with Crippen LogP contribution in [0.1, 0.15) is 44.2 Å². The SMILES string of the molecule is COc1ccsc1-c1cc(O[C@H]2CCN3C(=O)N(C)CCCCC=C[C@@H]4C[C@@]4(C(=O)O)NC(=O)[C@@H]3C2)nc(-c2nc(C(F)(F)F)cs2)n1. The average Bonchev–Trinajstić information content (AvgIpc) is 3.39. The number of nitrogens with one attached hydrogen (secondary N) is 1. The number of aliphatic carboxylic acids is 1. The van der Waals surface area contributed by atoms with E-state index >= 15 is 0 Å². The fraction of sp³-hybridized carbons (Fsp3) is 0.484. The minimum absolute atomic E-state index is 0.0219. The number of thiophene rings is 1. The Bertz CT molecular complexity index is 1730. The Morgan fingerprint density at radius 1 is 1.17 bits per heavy atom. The molecule has 5 heterocycles. The molecule has 1 saturated heterocycles. The van der Waals surface area contributed by atoms with Crippen molar-refractivity contribution in [1.82, 2.24) is 30.1 Å². The smallest absolute Gasteiger partial charge is 0.434 e. The molecule has 1 aliphatic carbocycles. The molecule has 6 rings (SSSR count). The number of hydrogen-bond donors (Lipinski definition) is 2. The van der Waals surface area contributed by atoms with Crippen molar-refractivity contribution in [2.24, 2.45) is 5.92 Å². The predicted molar refractivity (Wildman–Crippen MR) is 170 cm³/mol. The largest absolute Gasteiger partial charge is 0.495 e. The first-order valence-electron chi connectivity index (χ1n) is 15.3. The van der Waals surface area contributed by atoms with Crippen molar-refractivity contribution in [3.63, 3.8) is 0 Å². The van der Waals surface area contributed by atoms with Crippen LogP contribution in [0.5, 0.6) is 11.6 Å².